The van der Waals surface area contributed by atoms with Gasteiger partial charge in [-0.15, -0.1) is 0 Å². The predicted molar refractivity (Wildman–Crippen MR) is 125 cm³/mol. The van der Waals surface area contributed by atoms with Crippen LogP contribution in [-0.4, -0.2) is 32.1 Å². The number of para-hydroxylation sites is 1. The molecule has 2 aromatic carbocycles. The second-order valence-electron chi connectivity index (χ2n) is 8.11. The highest BCUT2D eigenvalue weighted by molar-refractivity contribution is 6.08. The van der Waals surface area contributed by atoms with Crippen molar-refractivity contribution in [3.8, 4) is 11.5 Å². The number of carbonyl (C=O) groups excluding carboxylic acids is 2. The number of halogens is 1. The summed E-state index contributed by atoms with van der Waals surface area (Å²) < 4.78 is 31.1. The molecule has 1 aromatic heterocycles. The van der Waals surface area contributed by atoms with E-state index in [4.69, 9.17) is 13.9 Å². The van der Waals surface area contributed by atoms with E-state index in [-0.39, 0.29) is 17.5 Å². The van der Waals surface area contributed by atoms with Crippen LogP contribution in [0.1, 0.15) is 47.8 Å². The van der Waals surface area contributed by atoms with Gasteiger partial charge in [0.05, 0.1) is 26.2 Å². The average Bonchev–Trinajstić information content (AvgIpc) is 3.57. The zero-order valence-corrected chi connectivity index (χ0v) is 19.1. The molecule has 0 aliphatic heterocycles. The fourth-order valence-corrected chi connectivity index (χ4v) is 4.32. The van der Waals surface area contributed by atoms with Crippen molar-refractivity contribution in [1.29, 1.82) is 0 Å². The van der Waals surface area contributed by atoms with Crippen LogP contribution in [0.3, 0.4) is 0 Å². The number of hydrogen-bond acceptors (Lipinski definition) is 5. The van der Waals surface area contributed by atoms with Crippen LogP contribution in [0.25, 0.3) is 0 Å². The third-order valence-corrected chi connectivity index (χ3v) is 5.99. The maximum Gasteiger partial charge on any atom is 0.295 e. The number of amides is 2. The van der Waals surface area contributed by atoms with Gasteiger partial charge in [0.1, 0.15) is 11.9 Å². The fourth-order valence-electron chi connectivity index (χ4n) is 4.32. The molecule has 1 fully saturated rings. The van der Waals surface area contributed by atoms with E-state index < -0.39 is 23.7 Å². The van der Waals surface area contributed by atoms with Gasteiger partial charge in [-0.05, 0) is 54.8 Å². The Bertz CT molecular complexity index is 1140. The molecule has 7 nitrogen and oxygen atoms in total. The highest BCUT2D eigenvalue weighted by atomic mass is 19.1. The number of anilines is 1. The molecule has 1 aliphatic carbocycles. The Morgan fingerprint density at radius 2 is 1.76 bits per heavy atom. The highest BCUT2D eigenvalue weighted by Crippen LogP contribution is 2.36. The second kappa shape index (κ2) is 10.4. The van der Waals surface area contributed by atoms with Crippen LogP contribution in [-0.2, 0) is 4.79 Å². The van der Waals surface area contributed by atoms with Gasteiger partial charge in [0.25, 0.3) is 5.91 Å². The zero-order valence-electron chi connectivity index (χ0n) is 19.1. The van der Waals surface area contributed by atoms with E-state index in [0.717, 1.165) is 30.6 Å². The second-order valence-corrected chi connectivity index (χ2v) is 8.11. The topological polar surface area (TPSA) is 81.0 Å². The van der Waals surface area contributed by atoms with Crippen LogP contribution in [0, 0.1) is 5.82 Å². The number of ether oxygens (including phenoxy) is 2. The van der Waals surface area contributed by atoms with Gasteiger partial charge in [-0.2, -0.15) is 0 Å². The van der Waals surface area contributed by atoms with Crippen LogP contribution in [0.2, 0.25) is 0 Å². The molecular weight excluding hydrogens is 439 g/mol. The summed E-state index contributed by atoms with van der Waals surface area (Å²) in [5.41, 5.74) is 0.404. The van der Waals surface area contributed by atoms with Gasteiger partial charge in [-0.1, -0.05) is 31.0 Å². The van der Waals surface area contributed by atoms with Crippen LogP contribution < -0.4 is 19.7 Å². The van der Waals surface area contributed by atoms with E-state index in [0.29, 0.717) is 17.1 Å². The molecule has 0 bridgehead atoms. The van der Waals surface area contributed by atoms with Crippen LogP contribution in [0.5, 0.6) is 11.5 Å². The van der Waals surface area contributed by atoms with Crippen molar-refractivity contribution < 1.29 is 27.9 Å². The summed E-state index contributed by atoms with van der Waals surface area (Å²) >= 11 is 0. The third-order valence-electron chi connectivity index (χ3n) is 5.99. The lowest BCUT2D eigenvalue weighted by atomic mass is 10.0. The lowest BCUT2D eigenvalue weighted by Crippen LogP contribution is -2.46. The van der Waals surface area contributed by atoms with Crippen LogP contribution in [0.4, 0.5) is 10.1 Å². The summed E-state index contributed by atoms with van der Waals surface area (Å²) in [7, 11) is 2.99. The third kappa shape index (κ3) is 4.76. The Hall–Kier alpha value is -3.81. The molecule has 3 aromatic rings. The molecule has 34 heavy (non-hydrogen) atoms. The molecule has 8 heteroatoms. The summed E-state index contributed by atoms with van der Waals surface area (Å²) in [6, 6.07) is 12.7. The maximum atomic E-state index is 15.0. The molecule has 0 spiro atoms. The first-order chi connectivity index (χ1) is 16.5. The number of rotatable bonds is 8. The largest absolute Gasteiger partial charge is 0.493 e. The number of methoxy groups -OCH3 is 2. The summed E-state index contributed by atoms with van der Waals surface area (Å²) in [4.78, 5) is 28.5. The summed E-state index contributed by atoms with van der Waals surface area (Å²) in [5.74, 6) is -0.851. The average molecular weight is 467 g/mol. The minimum absolute atomic E-state index is 0.00340. The molecule has 1 saturated carbocycles. The summed E-state index contributed by atoms with van der Waals surface area (Å²) in [5, 5.41) is 3.06. The fraction of sp³-hybridized carbons (Fsp3) is 0.308. The van der Waals surface area contributed by atoms with Gasteiger partial charge in [0.2, 0.25) is 5.91 Å². The smallest absolute Gasteiger partial charge is 0.295 e. The van der Waals surface area contributed by atoms with Gasteiger partial charge in [-0.3, -0.25) is 14.5 Å². The van der Waals surface area contributed by atoms with Gasteiger partial charge < -0.3 is 19.2 Å². The monoisotopic (exact) mass is 466 g/mol. The molecule has 2 amide bonds. The van der Waals surface area contributed by atoms with Gasteiger partial charge in [0, 0.05) is 6.04 Å². The first-order valence-corrected chi connectivity index (χ1v) is 11.2. The number of nitrogens with zero attached hydrogens (tertiary/aromatic N) is 1. The number of hydrogen-bond donors (Lipinski definition) is 1. The molecule has 0 saturated heterocycles. The number of carbonyl (C=O) groups is 2. The first kappa shape index (κ1) is 23.4. The van der Waals surface area contributed by atoms with E-state index in [9.17, 15) is 9.59 Å². The van der Waals surface area contributed by atoms with Crippen molar-refractivity contribution in [3.63, 3.8) is 0 Å². The van der Waals surface area contributed by atoms with E-state index in [1.807, 2.05) is 0 Å². The molecule has 0 radical (unpaired) electrons. The predicted octanol–water partition coefficient (Wildman–Crippen LogP) is 4.88. The minimum Gasteiger partial charge on any atom is -0.493 e. The molecule has 1 atom stereocenters. The molecule has 1 N–H and O–H groups in total. The molecule has 1 aliphatic rings. The molecule has 1 heterocycles. The Morgan fingerprint density at radius 1 is 1.03 bits per heavy atom. The van der Waals surface area contributed by atoms with E-state index >= 15 is 4.39 Å². The van der Waals surface area contributed by atoms with Crippen molar-refractivity contribution in [2.45, 2.75) is 37.8 Å². The summed E-state index contributed by atoms with van der Waals surface area (Å²) in [6.07, 6.45) is 5.12. The number of benzene rings is 2. The molecular formula is C26H27FN2O5. The van der Waals surface area contributed by atoms with Gasteiger partial charge >= 0.3 is 0 Å². The molecule has 4 rings (SSSR count). The Kier molecular flexibility index (Phi) is 7.15. The Balaban J connectivity index is 1.86. The highest BCUT2D eigenvalue weighted by Gasteiger charge is 2.37. The normalized spacial score (nSPS) is 14.4. The molecule has 178 valence electrons. The quantitative estimate of drug-likeness (QED) is 0.512. The van der Waals surface area contributed by atoms with Crippen molar-refractivity contribution >= 4 is 17.5 Å². The van der Waals surface area contributed by atoms with Crippen LogP contribution >= 0.6 is 0 Å². The van der Waals surface area contributed by atoms with Gasteiger partial charge in [0.15, 0.2) is 17.3 Å². The lowest BCUT2D eigenvalue weighted by Gasteiger charge is -2.32. The van der Waals surface area contributed by atoms with Crippen molar-refractivity contribution in [3.05, 3.63) is 78.0 Å². The number of nitrogens with one attached hydrogen (secondary N) is 1. The number of furan rings is 1. The minimum atomic E-state index is -1.19. The van der Waals surface area contributed by atoms with E-state index in [1.165, 1.54) is 44.7 Å². The van der Waals surface area contributed by atoms with E-state index in [1.54, 1.807) is 30.3 Å². The summed E-state index contributed by atoms with van der Waals surface area (Å²) in [6.45, 7) is 0. The molecule has 0 unspecified atom stereocenters. The van der Waals surface area contributed by atoms with Crippen LogP contribution in [0.15, 0.2) is 65.3 Å². The van der Waals surface area contributed by atoms with E-state index in [2.05, 4.69) is 5.32 Å². The Morgan fingerprint density at radius 3 is 2.41 bits per heavy atom. The van der Waals surface area contributed by atoms with Crippen molar-refractivity contribution in [1.82, 2.24) is 5.32 Å². The maximum absolute atomic E-state index is 15.0. The van der Waals surface area contributed by atoms with Crippen molar-refractivity contribution in [2.75, 3.05) is 19.1 Å². The van der Waals surface area contributed by atoms with Gasteiger partial charge in [-0.25, -0.2) is 4.39 Å². The van der Waals surface area contributed by atoms with Crippen molar-refractivity contribution in [2.24, 2.45) is 0 Å². The zero-order chi connectivity index (χ0) is 24.1. The standard InChI is InChI=1S/C26H27FN2O5/c1-32-21-14-13-17(16-23(21)33-2)24(25(30)28-18-8-3-4-9-18)29(20-11-6-5-10-19(20)27)26(31)22-12-7-15-34-22/h5-7,10-16,18,24H,3-4,8-9H2,1-2H3,(H,28,30)/t24-/m1/s1. The Labute approximate surface area is 197 Å². The lowest BCUT2D eigenvalue weighted by molar-refractivity contribution is -0.123. The first-order valence-electron chi connectivity index (χ1n) is 11.2. The SMILES string of the molecule is COc1ccc([C@H](C(=O)NC2CCCC2)N(C(=O)c2ccco2)c2ccccc2F)cc1OC.